The number of carbonyl (C=O) groups is 1. The molecule has 2 unspecified atom stereocenters. The molecular formula is C28H32F3N5O2. The first-order valence-corrected chi connectivity index (χ1v) is 12.9. The molecule has 1 aromatic carbocycles. The number of aromatic amines is 1. The van der Waals surface area contributed by atoms with Crippen LogP contribution in [-0.2, 0) is 9.53 Å². The number of amides is 1. The molecule has 0 saturated carbocycles. The second-order valence-electron chi connectivity index (χ2n) is 10.1. The van der Waals surface area contributed by atoms with E-state index < -0.39 is 23.6 Å². The van der Waals surface area contributed by atoms with Crippen molar-refractivity contribution in [2.24, 2.45) is 11.8 Å². The highest BCUT2D eigenvalue weighted by atomic mass is 19.4. The molecule has 1 saturated heterocycles. The lowest BCUT2D eigenvalue weighted by molar-refractivity contribution is -0.110. The number of methoxy groups -OCH3 is 1. The summed E-state index contributed by atoms with van der Waals surface area (Å²) >= 11 is 0. The number of likely N-dealkylation sites (tertiary alicyclic amines) is 1. The molecule has 0 bridgehead atoms. The van der Waals surface area contributed by atoms with E-state index in [1.165, 1.54) is 12.2 Å². The lowest BCUT2D eigenvalue weighted by Gasteiger charge is -2.32. The predicted molar refractivity (Wildman–Crippen MR) is 141 cm³/mol. The van der Waals surface area contributed by atoms with Gasteiger partial charge in [-0.05, 0) is 37.0 Å². The fourth-order valence-electron chi connectivity index (χ4n) is 5.51. The number of benzene rings is 1. The van der Waals surface area contributed by atoms with Gasteiger partial charge in [-0.2, -0.15) is 13.2 Å². The number of imidazole rings is 1. The number of allylic oxidation sites excluding steroid dienone is 5. The van der Waals surface area contributed by atoms with Gasteiger partial charge < -0.3 is 25.3 Å². The lowest BCUT2D eigenvalue weighted by Crippen LogP contribution is -2.40. The molecule has 1 aromatic heterocycles. The largest absolute Gasteiger partial charge is 0.416 e. The molecule has 1 aliphatic carbocycles. The third kappa shape index (κ3) is 5.42. The Bertz CT molecular complexity index is 1260. The molecule has 1 amide bonds. The SMILES string of the molecule is COCCN1CCC(Nc2ccc3c(c2)/C(=C(/c2ncc[nH]2)C2C=CC(C(F)(F)F)=CC2C)C(=O)N3)CC1. The third-order valence-electron chi connectivity index (χ3n) is 7.51. The van der Waals surface area contributed by atoms with Gasteiger partial charge in [-0.1, -0.05) is 25.2 Å². The number of aromatic nitrogens is 2. The maximum Gasteiger partial charge on any atom is 0.416 e. The molecule has 0 radical (unpaired) electrons. The van der Waals surface area contributed by atoms with Gasteiger partial charge in [0.05, 0.1) is 17.8 Å². The van der Waals surface area contributed by atoms with Crippen LogP contribution < -0.4 is 10.6 Å². The van der Waals surface area contributed by atoms with Gasteiger partial charge >= 0.3 is 6.18 Å². The van der Waals surface area contributed by atoms with Gasteiger partial charge in [0.2, 0.25) is 0 Å². The summed E-state index contributed by atoms with van der Waals surface area (Å²) in [5.74, 6) is -0.783. The van der Waals surface area contributed by atoms with Crippen molar-refractivity contribution >= 4 is 28.4 Å². The van der Waals surface area contributed by atoms with E-state index in [0.29, 0.717) is 28.7 Å². The Kier molecular flexibility index (Phi) is 7.45. The Labute approximate surface area is 219 Å². The zero-order chi connectivity index (χ0) is 26.9. The summed E-state index contributed by atoms with van der Waals surface area (Å²) < 4.78 is 45.3. The fraction of sp³-hybridized carbons (Fsp3) is 0.429. The van der Waals surface area contributed by atoms with Crippen LogP contribution in [0.25, 0.3) is 11.1 Å². The molecule has 3 N–H and O–H groups in total. The Morgan fingerprint density at radius 1 is 1.26 bits per heavy atom. The topological polar surface area (TPSA) is 82.3 Å². The van der Waals surface area contributed by atoms with Gasteiger partial charge in [-0.3, -0.25) is 4.79 Å². The number of piperidine rings is 1. The number of fused-ring (bicyclic) bond motifs is 1. The van der Waals surface area contributed by atoms with E-state index in [-0.39, 0.29) is 5.91 Å². The summed E-state index contributed by atoms with van der Waals surface area (Å²) in [6, 6.07) is 6.09. The van der Waals surface area contributed by atoms with E-state index in [1.54, 1.807) is 26.4 Å². The molecular weight excluding hydrogens is 495 g/mol. The molecule has 5 rings (SSSR count). The van der Waals surface area contributed by atoms with E-state index in [0.717, 1.165) is 56.4 Å². The molecule has 2 aliphatic heterocycles. The van der Waals surface area contributed by atoms with Crippen molar-refractivity contribution in [1.82, 2.24) is 14.9 Å². The van der Waals surface area contributed by atoms with Crippen LogP contribution in [0.2, 0.25) is 0 Å². The van der Waals surface area contributed by atoms with Crippen molar-refractivity contribution in [2.75, 3.05) is 44.0 Å². The molecule has 3 heterocycles. The highest BCUT2D eigenvalue weighted by molar-refractivity contribution is 6.37. The molecule has 3 aliphatic rings. The average Bonchev–Trinajstić information content (AvgIpc) is 3.52. The van der Waals surface area contributed by atoms with E-state index in [1.807, 2.05) is 18.2 Å². The van der Waals surface area contributed by atoms with Gasteiger partial charge in [-0.15, -0.1) is 0 Å². The van der Waals surface area contributed by atoms with Crippen LogP contribution in [-0.4, -0.2) is 66.3 Å². The van der Waals surface area contributed by atoms with Gasteiger partial charge in [0.25, 0.3) is 5.91 Å². The second-order valence-corrected chi connectivity index (χ2v) is 10.1. The number of carbonyl (C=O) groups excluding carboxylic acids is 1. The number of rotatable bonds is 7. The molecule has 2 aromatic rings. The van der Waals surface area contributed by atoms with Crippen molar-refractivity contribution < 1.29 is 22.7 Å². The van der Waals surface area contributed by atoms with Crippen molar-refractivity contribution in [3.05, 3.63) is 65.8 Å². The van der Waals surface area contributed by atoms with Gasteiger partial charge in [0, 0.05) is 73.6 Å². The number of anilines is 2. The maximum absolute atomic E-state index is 13.4. The summed E-state index contributed by atoms with van der Waals surface area (Å²) in [5, 5.41) is 6.54. The first kappa shape index (κ1) is 26.2. The van der Waals surface area contributed by atoms with Crippen LogP contribution in [0.3, 0.4) is 0 Å². The second kappa shape index (κ2) is 10.8. The molecule has 10 heteroatoms. The summed E-state index contributed by atoms with van der Waals surface area (Å²) in [5.41, 5.74) is 2.62. The summed E-state index contributed by atoms with van der Waals surface area (Å²) in [6.07, 6.45) is 4.64. The third-order valence-corrected chi connectivity index (χ3v) is 7.51. The highest BCUT2D eigenvalue weighted by Crippen LogP contribution is 2.45. The van der Waals surface area contributed by atoms with Crippen molar-refractivity contribution in [2.45, 2.75) is 32.0 Å². The quantitative estimate of drug-likeness (QED) is 0.436. The highest BCUT2D eigenvalue weighted by Gasteiger charge is 2.38. The predicted octanol–water partition coefficient (Wildman–Crippen LogP) is 5.11. The molecule has 0 spiro atoms. The van der Waals surface area contributed by atoms with E-state index in [9.17, 15) is 18.0 Å². The standard InChI is InChI=1S/C28H32F3N5O2/c1-17-15-18(28(29,30)31)3-5-21(17)24(26-32-9-10-33-26)25-22-16-20(4-6-23(22)35-27(25)37)34-19-7-11-36(12-8-19)13-14-38-2/h3-6,9-10,15-17,19,21,34H,7-8,11-14H2,1-2H3,(H,32,33)(H,35,37)/b25-24-. The average molecular weight is 528 g/mol. The van der Waals surface area contributed by atoms with Gasteiger partial charge in [-0.25, -0.2) is 4.98 Å². The number of hydrogen-bond acceptors (Lipinski definition) is 5. The molecule has 1 fully saturated rings. The fourth-order valence-corrected chi connectivity index (χ4v) is 5.51. The molecule has 38 heavy (non-hydrogen) atoms. The van der Waals surface area contributed by atoms with E-state index in [2.05, 4.69) is 25.5 Å². The first-order chi connectivity index (χ1) is 18.2. The van der Waals surface area contributed by atoms with Gasteiger partial charge in [0.1, 0.15) is 5.82 Å². The number of H-pyrrole nitrogens is 1. The lowest BCUT2D eigenvalue weighted by atomic mass is 9.78. The number of alkyl halides is 3. The van der Waals surface area contributed by atoms with E-state index >= 15 is 0 Å². The number of nitrogens with one attached hydrogen (secondary N) is 3. The number of hydrogen-bond donors (Lipinski definition) is 3. The Hall–Kier alpha value is -3.37. The van der Waals surface area contributed by atoms with Crippen LogP contribution >= 0.6 is 0 Å². The molecule has 7 nitrogen and oxygen atoms in total. The summed E-state index contributed by atoms with van der Waals surface area (Å²) in [7, 11) is 1.71. The zero-order valence-corrected chi connectivity index (χ0v) is 21.4. The number of halogens is 3. The smallest absolute Gasteiger partial charge is 0.383 e. The minimum atomic E-state index is -4.43. The Balaban J connectivity index is 1.45. The number of ether oxygens (including phenoxy) is 1. The number of nitrogens with zero attached hydrogens (tertiary/aromatic N) is 2. The minimum Gasteiger partial charge on any atom is -0.383 e. The van der Waals surface area contributed by atoms with Crippen LogP contribution in [0.1, 0.15) is 31.2 Å². The normalized spacial score (nSPS) is 23.7. The van der Waals surface area contributed by atoms with Crippen LogP contribution in [0.5, 0.6) is 0 Å². The van der Waals surface area contributed by atoms with Gasteiger partial charge in [0.15, 0.2) is 0 Å². The van der Waals surface area contributed by atoms with Crippen LogP contribution in [0.4, 0.5) is 24.5 Å². The Morgan fingerprint density at radius 2 is 2.05 bits per heavy atom. The van der Waals surface area contributed by atoms with Crippen LogP contribution in [0.15, 0.2) is 54.4 Å². The zero-order valence-electron chi connectivity index (χ0n) is 21.4. The maximum atomic E-state index is 13.4. The minimum absolute atomic E-state index is 0.291. The monoisotopic (exact) mass is 527 g/mol. The van der Waals surface area contributed by atoms with Crippen molar-refractivity contribution in [3.63, 3.8) is 0 Å². The molecule has 2 atom stereocenters. The Morgan fingerprint density at radius 3 is 2.71 bits per heavy atom. The summed E-state index contributed by atoms with van der Waals surface area (Å²) in [4.78, 5) is 23.1. The molecule has 202 valence electrons. The van der Waals surface area contributed by atoms with E-state index in [4.69, 9.17) is 4.74 Å². The van der Waals surface area contributed by atoms with Crippen molar-refractivity contribution in [3.8, 4) is 0 Å². The first-order valence-electron chi connectivity index (χ1n) is 12.9. The summed E-state index contributed by atoms with van der Waals surface area (Å²) in [6.45, 7) is 5.35. The van der Waals surface area contributed by atoms with Crippen molar-refractivity contribution in [1.29, 1.82) is 0 Å². The van der Waals surface area contributed by atoms with Crippen LogP contribution in [0, 0.1) is 11.8 Å².